The van der Waals surface area contributed by atoms with Crippen LogP contribution in [0.3, 0.4) is 0 Å². The van der Waals surface area contributed by atoms with Crippen molar-refractivity contribution in [3.63, 3.8) is 0 Å². The van der Waals surface area contributed by atoms with Crippen molar-refractivity contribution in [1.82, 2.24) is 14.8 Å². The van der Waals surface area contributed by atoms with E-state index in [-0.39, 0.29) is 5.91 Å². The number of nitrogens with one attached hydrogen (secondary N) is 1. The minimum atomic E-state index is -0.745. The Hall–Kier alpha value is -3.87. The van der Waals surface area contributed by atoms with E-state index in [1.165, 1.54) is 0 Å². The predicted molar refractivity (Wildman–Crippen MR) is 120 cm³/mol. The third-order valence-electron chi connectivity index (χ3n) is 5.05. The van der Waals surface area contributed by atoms with Crippen molar-refractivity contribution in [3.05, 3.63) is 66.4 Å². The summed E-state index contributed by atoms with van der Waals surface area (Å²) in [7, 11) is 3.45. The minimum Gasteiger partial charge on any atom is -0.497 e. The van der Waals surface area contributed by atoms with Crippen molar-refractivity contribution in [3.8, 4) is 22.8 Å². The number of amides is 1. The van der Waals surface area contributed by atoms with Crippen LogP contribution in [0.5, 0.6) is 11.6 Å². The van der Waals surface area contributed by atoms with Crippen molar-refractivity contribution in [2.24, 2.45) is 7.05 Å². The Morgan fingerprint density at radius 2 is 1.81 bits per heavy atom. The van der Waals surface area contributed by atoms with Gasteiger partial charge in [0.25, 0.3) is 5.91 Å². The topological polar surface area (TPSA) is 78.3 Å². The smallest absolute Gasteiger partial charge is 0.265 e. The van der Waals surface area contributed by atoms with Gasteiger partial charge in [0, 0.05) is 18.8 Å². The van der Waals surface area contributed by atoms with E-state index < -0.39 is 6.10 Å². The number of pyridine rings is 1. The highest BCUT2D eigenvalue weighted by Crippen LogP contribution is 2.33. The van der Waals surface area contributed by atoms with Crippen molar-refractivity contribution < 1.29 is 14.3 Å². The molecule has 0 spiro atoms. The van der Waals surface area contributed by atoms with Gasteiger partial charge in [0.05, 0.1) is 18.2 Å². The quantitative estimate of drug-likeness (QED) is 0.505. The molecule has 7 nitrogen and oxygen atoms in total. The van der Waals surface area contributed by atoms with Crippen LogP contribution in [-0.4, -0.2) is 33.9 Å². The second kappa shape index (κ2) is 8.47. The molecule has 2 aromatic carbocycles. The molecule has 158 valence electrons. The van der Waals surface area contributed by atoms with Crippen LogP contribution in [0.15, 0.2) is 60.7 Å². The van der Waals surface area contributed by atoms with E-state index in [1.807, 2.05) is 50.4 Å². The molecule has 4 rings (SSSR count). The Morgan fingerprint density at radius 3 is 2.48 bits per heavy atom. The van der Waals surface area contributed by atoms with Crippen LogP contribution in [-0.2, 0) is 11.8 Å². The molecule has 0 aliphatic rings. The van der Waals surface area contributed by atoms with E-state index >= 15 is 0 Å². The average molecular weight is 416 g/mol. The zero-order valence-corrected chi connectivity index (χ0v) is 17.9. The normalized spacial score (nSPS) is 11.9. The minimum absolute atomic E-state index is 0.269. The first kappa shape index (κ1) is 20.4. The molecule has 0 radical (unpaired) electrons. The lowest BCUT2D eigenvalue weighted by atomic mass is 10.0. The lowest BCUT2D eigenvalue weighted by molar-refractivity contribution is -0.122. The van der Waals surface area contributed by atoms with Gasteiger partial charge in [0.15, 0.2) is 11.8 Å². The van der Waals surface area contributed by atoms with Crippen LogP contribution < -0.4 is 14.8 Å². The summed E-state index contributed by atoms with van der Waals surface area (Å²) < 4.78 is 12.8. The highest BCUT2D eigenvalue weighted by Gasteiger charge is 2.19. The Morgan fingerprint density at radius 1 is 1.10 bits per heavy atom. The van der Waals surface area contributed by atoms with Gasteiger partial charge in [-0.25, -0.2) is 0 Å². The summed E-state index contributed by atoms with van der Waals surface area (Å²) in [6.45, 7) is 3.66. The van der Waals surface area contributed by atoms with Gasteiger partial charge in [-0.3, -0.25) is 9.48 Å². The largest absolute Gasteiger partial charge is 0.497 e. The molecule has 0 aliphatic carbocycles. The van der Waals surface area contributed by atoms with Crippen molar-refractivity contribution in [2.45, 2.75) is 20.0 Å². The molecule has 1 unspecified atom stereocenters. The number of methoxy groups -OCH3 is 1. The maximum Gasteiger partial charge on any atom is 0.265 e. The molecular weight excluding hydrogens is 392 g/mol. The summed E-state index contributed by atoms with van der Waals surface area (Å²) in [6, 6.07) is 19.0. The summed E-state index contributed by atoms with van der Waals surface area (Å²) in [5.74, 6) is 0.820. The Bertz CT molecular complexity index is 1220. The van der Waals surface area contributed by atoms with E-state index in [9.17, 15) is 4.79 Å². The van der Waals surface area contributed by atoms with Crippen LogP contribution >= 0.6 is 0 Å². The summed E-state index contributed by atoms with van der Waals surface area (Å²) in [5.41, 5.74) is 4.26. The van der Waals surface area contributed by atoms with Gasteiger partial charge in [-0.1, -0.05) is 30.3 Å². The standard InChI is InChI=1S/C24H24N4O3/c1-15-22-20(17-8-6-5-7-9-17)14-21(26-23(22)28(3)27-15)31-16(2)24(29)25-18-10-12-19(30-4)13-11-18/h5-14,16H,1-4H3,(H,25,29). The van der Waals surface area contributed by atoms with Gasteiger partial charge < -0.3 is 14.8 Å². The fraction of sp³-hybridized carbons (Fsp3) is 0.208. The fourth-order valence-corrected chi connectivity index (χ4v) is 3.48. The number of carbonyl (C=O) groups excluding carboxylic acids is 1. The summed E-state index contributed by atoms with van der Waals surface area (Å²) in [5, 5.41) is 8.33. The molecule has 0 bridgehead atoms. The number of nitrogens with zero attached hydrogens (tertiary/aromatic N) is 3. The van der Waals surface area contributed by atoms with E-state index in [2.05, 4.69) is 15.4 Å². The molecular formula is C24H24N4O3. The molecule has 0 saturated heterocycles. The number of carbonyl (C=O) groups is 1. The van der Waals surface area contributed by atoms with Gasteiger partial charge >= 0.3 is 0 Å². The second-order valence-corrected chi connectivity index (χ2v) is 7.26. The van der Waals surface area contributed by atoms with Gasteiger partial charge in [-0.05, 0) is 49.2 Å². The van der Waals surface area contributed by atoms with Gasteiger partial charge in [-0.15, -0.1) is 0 Å². The summed E-state index contributed by atoms with van der Waals surface area (Å²) in [6.07, 6.45) is -0.745. The SMILES string of the molecule is COc1ccc(NC(=O)C(C)Oc2cc(-c3ccccc3)c3c(C)nn(C)c3n2)cc1. The zero-order valence-electron chi connectivity index (χ0n) is 17.9. The molecule has 1 atom stereocenters. The first-order valence-electron chi connectivity index (χ1n) is 9.97. The average Bonchev–Trinajstić information content (AvgIpc) is 3.07. The Labute approximate surface area is 180 Å². The lowest BCUT2D eigenvalue weighted by Gasteiger charge is -2.15. The number of benzene rings is 2. The molecule has 2 aromatic heterocycles. The molecule has 0 fully saturated rings. The van der Waals surface area contributed by atoms with Crippen LogP contribution in [0.4, 0.5) is 5.69 Å². The number of anilines is 1. The molecule has 1 amide bonds. The van der Waals surface area contributed by atoms with Crippen LogP contribution in [0.25, 0.3) is 22.2 Å². The summed E-state index contributed by atoms with van der Waals surface area (Å²) in [4.78, 5) is 17.3. The van der Waals surface area contributed by atoms with Crippen LogP contribution in [0.2, 0.25) is 0 Å². The maximum atomic E-state index is 12.6. The molecule has 2 heterocycles. The predicted octanol–water partition coefficient (Wildman–Crippen LogP) is 4.36. The second-order valence-electron chi connectivity index (χ2n) is 7.26. The Kier molecular flexibility index (Phi) is 5.58. The number of rotatable bonds is 6. The molecule has 0 aliphatic heterocycles. The van der Waals surface area contributed by atoms with Gasteiger partial charge in [-0.2, -0.15) is 10.1 Å². The number of aromatic nitrogens is 3. The highest BCUT2D eigenvalue weighted by atomic mass is 16.5. The van der Waals surface area contributed by atoms with Gasteiger partial charge in [0.1, 0.15) is 5.75 Å². The van der Waals surface area contributed by atoms with E-state index in [4.69, 9.17) is 9.47 Å². The van der Waals surface area contributed by atoms with E-state index in [0.717, 1.165) is 28.0 Å². The van der Waals surface area contributed by atoms with E-state index in [0.29, 0.717) is 17.2 Å². The molecule has 31 heavy (non-hydrogen) atoms. The first-order chi connectivity index (χ1) is 15.0. The molecule has 0 saturated carbocycles. The Balaban J connectivity index is 1.61. The number of ether oxygens (including phenoxy) is 2. The number of fused-ring (bicyclic) bond motifs is 1. The molecule has 4 aromatic rings. The van der Waals surface area contributed by atoms with Crippen LogP contribution in [0, 0.1) is 6.92 Å². The number of hydrogen-bond acceptors (Lipinski definition) is 5. The highest BCUT2D eigenvalue weighted by molar-refractivity contribution is 5.96. The van der Waals surface area contributed by atoms with Gasteiger partial charge in [0.2, 0.25) is 5.88 Å². The summed E-state index contributed by atoms with van der Waals surface area (Å²) >= 11 is 0. The third kappa shape index (κ3) is 4.21. The van der Waals surface area contributed by atoms with E-state index in [1.54, 1.807) is 43.0 Å². The lowest BCUT2D eigenvalue weighted by Crippen LogP contribution is -2.30. The van der Waals surface area contributed by atoms with Crippen molar-refractivity contribution in [2.75, 3.05) is 12.4 Å². The third-order valence-corrected chi connectivity index (χ3v) is 5.05. The number of hydrogen-bond donors (Lipinski definition) is 1. The van der Waals surface area contributed by atoms with Crippen LogP contribution in [0.1, 0.15) is 12.6 Å². The maximum absolute atomic E-state index is 12.6. The fourth-order valence-electron chi connectivity index (χ4n) is 3.48. The van der Waals surface area contributed by atoms with Crippen molar-refractivity contribution in [1.29, 1.82) is 0 Å². The van der Waals surface area contributed by atoms with Crippen molar-refractivity contribution >= 4 is 22.6 Å². The zero-order chi connectivity index (χ0) is 22.0. The molecule has 1 N–H and O–H groups in total. The molecule has 7 heteroatoms. The number of aryl methyl sites for hydroxylation is 2. The monoisotopic (exact) mass is 416 g/mol. The first-order valence-corrected chi connectivity index (χ1v) is 9.97.